The molecule has 108 valence electrons. The fourth-order valence-corrected chi connectivity index (χ4v) is 1.45. The molecule has 1 aliphatic rings. The number of alkyl halides is 10. The first kappa shape index (κ1) is 15.3. The molecule has 1 rings (SSSR count). The first-order valence-electron chi connectivity index (χ1n) is 4.17. The normalized spacial score (nSPS) is 40.5. The van der Waals surface area contributed by atoms with Gasteiger partial charge in [0.2, 0.25) is 11.8 Å². The summed E-state index contributed by atoms with van der Waals surface area (Å²) >= 11 is 0. The Morgan fingerprint density at radius 2 is 1.11 bits per heavy atom. The zero-order valence-corrected chi connectivity index (χ0v) is 8.01. The molecule has 0 bridgehead atoms. The minimum Gasteiger partial charge on any atom is -0.393 e. The standard InChI is InChI=1S/C7H4F10O/c8-2-3(9,1-18)5(12,13)7(16,17)6(14,15)4(2,10)11/h2,18H,1H2. The average Bonchev–Trinajstić information content (AvgIpc) is 2.24. The van der Waals surface area contributed by atoms with E-state index in [1.807, 2.05) is 0 Å². The van der Waals surface area contributed by atoms with Crippen LogP contribution in [0.25, 0.3) is 0 Å². The molecule has 0 aliphatic heterocycles. The molecule has 0 heterocycles. The molecule has 0 radical (unpaired) electrons. The molecule has 1 N–H and O–H groups in total. The van der Waals surface area contributed by atoms with Gasteiger partial charge in [0.25, 0.3) is 0 Å². The fraction of sp³-hybridized carbons (Fsp3) is 1.00. The molecule has 1 saturated carbocycles. The van der Waals surface area contributed by atoms with Crippen molar-refractivity contribution >= 4 is 0 Å². The Bertz CT molecular complexity index is 336. The monoisotopic (exact) mass is 294 g/mol. The van der Waals surface area contributed by atoms with Gasteiger partial charge in [-0.05, 0) is 0 Å². The van der Waals surface area contributed by atoms with Gasteiger partial charge in [-0.25, -0.2) is 8.78 Å². The van der Waals surface area contributed by atoms with Gasteiger partial charge >= 0.3 is 23.7 Å². The van der Waals surface area contributed by atoms with Crippen LogP contribution in [-0.4, -0.2) is 47.2 Å². The number of halogens is 10. The highest BCUT2D eigenvalue weighted by molar-refractivity contribution is 5.23. The third kappa shape index (κ3) is 1.23. The Hall–Kier alpha value is -0.740. The number of hydrogen-bond donors (Lipinski definition) is 1. The van der Waals surface area contributed by atoms with E-state index in [1.54, 1.807) is 0 Å². The molecular weight excluding hydrogens is 290 g/mol. The fourth-order valence-electron chi connectivity index (χ4n) is 1.45. The lowest BCUT2D eigenvalue weighted by atomic mass is 9.74. The van der Waals surface area contributed by atoms with Crippen molar-refractivity contribution in [1.82, 2.24) is 0 Å². The topological polar surface area (TPSA) is 20.2 Å². The zero-order valence-electron chi connectivity index (χ0n) is 8.01. The molecule has 2 unspecified atom stereocenters. The predicted molar refractivity (Wildman–Crippen MR) is 35.6 cm³/mol. The van der Waals surface area contributed by atoms with E-state index >= 15 is 0 Å². The van der Waals surface area contributed by atoms with Gasteiger partial charge in [-0.3, -0.25) is 0 Å². The van der Waals surface area contributed by atoms with E-state index in [0.29, 0.717) is 0 Å². The van der Waals surface area contributed by atoms with Crippen molar-refractivity contribution in [2.45, 2.75) is 35.5 Å². The summed E-state index contributed by atoms with van der Waals surface area (Å²) in [5.41, 5.74) is -5.53. The summed E-state index contributed by atoms with van der Waals surface area (Å²) in [7, 11) is 0. The van der Waals surface area contributed by atoms with E-state index < -0.39 is 42.1 Å². The Morgan fingerprint density at radius 1 is 0.722 bits per heavy atom. The molecule has 0 amide bonds. The quantitative estimate of drug-likeness (QED) is 0.737. The third-order valence-electron chi connectivity index (χ3n) is 2.68. The van der Waals surface area contributed by atoms with Crippen LogP contribution < -0.4 is 0 Å². The summed E-state index contributed by atoms with van der Waals surface area (Å²) in [6, 6.07) is 0. The molecule has 18 heavy (non-hydrogen) atoms. The van der Waals surface area contributed by atoms with E-state index in [-0.39, 0.29) is 0 Å². The molecule has 0 aromatic rings. The van der Waals surface area contributed by atoms with Crippen molar-refractivity contribution in [3.05, 3.63) is 0 Å². The number of hydrogen-bond acceptors (Lipinski definition) is 1. The van der Waals surface area contributed by atoms with E-state index in [2.05, 4.69) is 0 Å². The van der Waals surface area contributed by atoms with E-state index in [0.717, 1.165) is 0 Å². The minimum atomic E-state index is -6.87. The van der Waals surface area contributed by atoms with Gasteiger partial charge in [0.1, 0.15) is 0 Å². The van der Waals surface area contributed by atoms with Gasteiger partial charge in [-0.1, -0.05) is 0 Å². The van der Waals surface area contributed by atoms with Crippen LogP contribution in [0.1, 0.15) is 0 Å². The van der Waals surface area contributed by atoms with Crippen molar-refractivity contribution in [2.24, 2.45) is 0 Å². The van der Waals surface area contributed by atoms with Crippen LogP contribution >= 0.6 is 0 Å². The Labute approximate surface area is 92.4 Å². The summed E-state index contributed by atoms with van der Waals surface area (Å²) in [5, 5.41) is 8.08. The second-order valence-corrected chi connectivity index (χ2v) is 3.73. The van der Waals surface area contributed by atoms with Crippen molar-refractivity contribution < 1.29 is 49.0 Å². The van der Waals surface area contributed by atoms with E-state index in [9.17, 15) is 43.9 Å². The number of rotatable bonds is 1. The van der Waals surface area contributed by atoms with Crippen molar-refractivity contribution in [3.63, 3.8) is 0 Å². The molecule has 0 saturated heterocycles. The largest absolute Gasteiger partial charge is 0.393 e. The maximum atomic E-state index is 13.1. The SMILES string of the molecule is OCC1(F)C(F)C(F)(F)C(F)(F)C(F)(F)C1(F)F. The van der Waals surface area contributed by atoms with Crippen LogP contribution in [0.15, 0.2) is 0 Å². The first-order chi connectivity index (χ1) is 7.72. The molecule has 0 aromatic carbocycles. The highest BCUT2D eigenvalue weighted by Crippen LogP contribution is 2.64. The van der Waals surface area contributed by atoms with Gasteiger partial charge < -0.3 is 5.11 Å². The maximum Gasteiger partial charge on any atom is 0.381 e. The van der Waals surface area contributed by atoms with Crippen LogP contribution in [0, 0.1) is 0 Å². The lowest BCUT2D eigenvalue weighted by Gasteiger charge is -2.49. The Kier molecular flexibility index (Phi) is 2.91. The Balaban J connectivity index is 3.60. The van der Waals surface area contributed by atoms with Gasteiger partial charge in [0.15, 0.2) is 0 Å². The van der Waals surface area contributed by atoms with Crippen LogP contribution in [0.2, 0.25) is 0 Å². The molecule has 2 atom stereocenters. The summed E-state index contributed by atoms with van der Waals surface area (Å²) < 4.78 is 127. The highest BCUT2D eigenvalue weighted by Gasteiger charge is 2.94. The predicted octanol–water partition coefficient (Wildman–Crippen LogP) is 2.58. The van der Waals surface area contributed by atoms with Crippen molar-refractivity contribution in [3.8, 4) is 0 Å². The van der Waals surface area contributed by atoms with Crippen LogP contribution in [0.5, 0.6) is 0 Å². The molecule has 1 nitrogen and oxygen atoms in total. The summed E-state index contributed by atoms with van der Waals surface area (Å²) in [6.45, 7) is -2.82. The van der Waals surface area contributed by atoms with Crippen molar-refractivity contribution in [1.29, 1.82) is 0 Å². The van der Waals surface area contributed by atoms with Gasteiger partial charge in [0.05, 0.1) is 6.61 Å². The molecule has 1 aliphatic carbocycles. The highest BCUT2D eigenvalue weighted by atomic mass is 19.4. The van der Waals surface area contributed by atoms with Crippen LogP contribution in [0.4, 0.5) is 43.9 Å². The molecule has 0 aromatic heterocycles. The Morgan fingerprint density at radius 3 is 1.44 bits per heavy atom. The number of aliphatic hydroxyl groups excluding tert-OH is 1. The average molecular weight is 294 g/mol. The minimum absolute atomic E-state index is 2.82. The third-order valence-corrected chi connectivity index (χ3v) is 2.68. The van der Waals surface area contributed by atoms with Crippen LogP contribution in [-0.2, 0) is 0 Å². The summed E-state index contributed by atoms with van der Waals surface area (Å²) in [6.07, 6.45) is -5.00. The molecule has 1 fully saturated rings. The van der Waals surface area contributed by atoms with Gasteiger partial charge in [0, 0.05) is 0 Å². The van der Waals surface area contributed by atoms with Crippen molar-refractivity contribution in [2.75, 3.05) is 6.61 Å². The molecular formula is C7H4F10O. The maximum absolute atomic E-state index is 13.1. The molecule has 0 spiro atoms. The van der Waals surface area contributed by atoms with E-state index in [1.165, 1.54) is 0 Å². The lowest BCUT2D eigenvalue weighted by molar-refractivity contribution is -0.444. The second-order valence-electron chi connectivity index (χ2n) is 3.73. The zero-order chi connectivity index (χ0) is 14.8. The van der Waals surface area contributed by atoms with E-state index in [4.69, 9.17) is 5.11 Å². The van der Waals surface area contributed by atoms with Crippen LogP contribution in [0.3, 0.4) is 0 Å². The summed E-state index contributed by atoms with van der Waals surface area (Å²) in [5.74, 6) is -26.6. The lowest BCUT2D eigenvalue weighted by Crippen LogP contribution is -2.80. The first-order valence-corrected chi connectivity index (χ1v) is 4.17. The second kappa shape index (κ2) is 3.42. The number of aliphatic hydroxyl groups is 1. The molecule has 11 heteroatoms. The van der Waals surface area contributed by atoms with Gasteiger partial charge in [-0.15, -0.1) is 0 Å². The smallest absolute Gasteiger partial charge is 0.381 e. The summed E-state index contributed by atoms with van der Waals surface area (Å²) in [4.78, 5) is 0. The van der Waals surface area contributed by atoms with Gasteiger partial charge in [-0.2, -0.15) is 35.1 Å².